The average Bonchev–Trinajstić information content (AvgIpc) is 2.93. The molecule has 0 N–H and O–H groups in total. The monoisotopic (exact) mass is 468 g/mol. The first-order valence-electron chi connectivity index (χ1n) is 11.1. The maximum absolute atomic E-state index is 6.58. The molecular formula is C30H17ClN4. The van der Waals surface area contributed by atoms with E-state index in [2.05, 4.69) is 23.2 Å². The fourth-order valence-corrected chi connectivity index (χ4v) is 4.17. The minimum atomic E-state index is 0.554. The van der Waals surface area contributed by atoms with E-state index in [-0.39, 0.29) is 0 Å². The molecule has 0 atom stereocenters. The zero-order chi connectivity index (χ0) is 23.6. The van der Waals surface area contributed by atoms with E-state index in [0.29, 0.717) is 22.5 Å². The Labute approximate surface area is 208 Å². The second-order valence-electron chi connectivity index (χ2n) is 8.03. The van der Waals surface area contributed by atoms with Crippen LogP contribution in [-0.2, 0) is 0 Å². The summed E-state index contributed by atoms with van der Waals surface area (Å²) < 4.78 is 0. The van der Waals surface area contributed by atoms with Crippen molar-refractivity contribution in [2.24, 2.45) is 0 Å². The van der Waals surface area contributed by atoms with Crippen molar-refractivity contribution in [2.45, 2.75) is 0 Å². The highest BCUT2D eigenvalue weighted by Gasteiger charge is 2.14. The van der Waals surface area contributed by atoms with Gasteiger partial charge < -0.3 is 0 Å². The largest absolute Gasteiger partial charge is 0.246 e. The molecule has 0 radical (unpaired) electrons. The number of nitrogens with zero attached hydrogens (tertiary/aromatic N) is 4. The van der Waals surface area contributed by atoms with Crippen molar-refractivity contribution in [3.05, 3.63) is 120 Å². The van der Waals surface area contributed by atoms with Crippen molar-refractivity contribution in [1.29, 1.82) is 0 Å². The van der Waals surface area contributed by atoms with Crippen molar-refractivity contribution in [1.82, 2.24) is 19.9 Å². The molecule has 0 aliphatic heterocycles. The van der Waals surface area contributed by atoms with E-state index in [4.69, 9.17) is 26.6 Å². The van der Waals surface area contributed by atoms with Gasteiger partial charge in [-0.1, -0.05) is 78.3 Å². The molecule has 4 nitrogen and oxygen atoms in total. The lowest BCUT2D eigenvalue weighted by molar-refractivity contribution is 1.07. The average molecular weight is 469 g/mol. The summed E-state index contributed by atoms with van der Waals surface area (Å²) >= 11 is 6.58. The van der Waals surface area contributed by atoms with Crippen LogP contribution in [0.2, 0.25) is 5.02 Å². The summed E-state index contributed by atoms with van der Waals surface area (Å²) in [6, 6.07) is 37.5. The van der Waals surface area contributed by atoms with Crippen LogP contribution in [0.5, 0.6) is 0 Å². The van der Waals surface area contributed by atoms with Gasteiger partial charge in [0.05, 0.1) is 0 Å². The second-order valence-corrected chi connectivity index (χ2v) is 8.47. The normalized spacial score (nSPS) is 10.8. The number of halogens is 1. The molecule has 0 bridgehead atoms. The molecule has 0 aliphatic rings. The number of hydrogen-bond acceptors (Lipinski definition) is 4. The predicted octanol–water partition coefficient (Wildman–Crippen LogP) is 7.34. The molecule has 0 saturated carbocycles. The van der Waals surface area contributed by atoms with Crippen LogP contribution in [0.25, 0.3) is 56.2 Å². The molecule has 0 spiro atoms. The molecule has 0 unspecified atom stereocenters. The first-order chi connectivity index (χ1) is 17.2. The first-order valence-corrected chi connectivity index (χ1v) is 11.5. The van der Waals surface area contributed by atoms with Gasteiger partial charge in [0.2, 0.25) is 0 Å². The highest BCUT2D eigenvalue weighted by molar-refractivity contribution is 6.31. The number of pyridine rings is 1. The van der Waals surface area contributed by atoms with Gasteiger partial charge in [-0.2, -0.15) is 0 Å². The van der Waals surface area contributed by atoms with Gasteiger partial charge in [-0.05, 0) is 48.0 Å². The Bertz CT molecular complexity index is 1590. The number of aromatic nitrogens is 4. The smallest absolute Gasteiger partial charge is 0.164 e. The van der Waals surface area contributed by atoms with Crippen LogP contribution in [0.4, 0.5) is 0 Å². The van der Waals surface area contributed by atoms with Gasteiger partial charge in [0.25, 0.3) is 0 Å². The van der Waals surface area contributed by atoms with Crippen molar-refractivity contribution < 1.29 is 0 Å². The quantitative estimate of drug-likeness (QED) is 0.271. The highest BCUT2D eigenvalue weighted by atomic mass is 35.5. The van der Waals surface area contributed by atoms with E-state index in [1.54, 1.807) is 0 Å². The minimum absolute atomic E-state index is 0.554. The minimum Gasteiger partial charge on any atom is -0.246 e. The fraction of sp³-hybridized carbons (Fsp3) is 0. The van der Waals surface area contributed by atoms with Crippen LogP contribution in [-0.4, -0.2) is 19.9 Å². The zero-order valence-corrected chi connectivity index (χ0v) is 19.2. The molecule has 35 heavy (non-hydrogen) atoms. The van der Waals surface area contributed by atoms with Crippen LogP contribution in [0.3, 0.4) is 0 Å². The SMILES string of the molecule is Clc1cc(-c2cnc3c#cccc3c2)cc(-c2nc(-c3ccccc3)nc(-c3ccccc3)n2)c1. The predicted molar refractivity (Wildman–Crippen MR) is 140 cm³/mol. The van der Waals surface area contributed by atoms with Crippen molar-refractivity contribution in [2.75, 3.05) is 0 Å². The van der Waals surface area contributed by atoms with Crippen LogP contribution in [0, 0.1) is 12.1 Å². The molecule has 0 saturated heterocycles. The Balaban J connectivity index is 1.51. The van der Waals surface area contributed by atoms with E-state index < -0.39 is 0 Å². The summed E-state index contributed by atoms with van der Waals surface area (Å²) in [6.07, 6.45) is 1.82. The molecule has 0 aliphatic carbocycles. The lowest BCUT2D eigenvalue weighted by atomic mass is 10.0. The Kier molecular flexibility index (Phi) is 5.38. The molecule has 6 aromatic rings. The third-order valence-electron chi connectivity index (χ3n) is 5.64. The summed E-state index contributed by atoms with van der Waals surface area (Å²) in [5.41, 5.74) is 5.29. The zero-order valence-electron chi connectivity index (χ0n) is 18.5. The number of rotatable bonds is 4. The number of fused-ring (bicyclic) bond motifs is 1. The van der Waals surface area contributed by atoms with Crippen LogP contribution in [0.15, 0.2) is 103 Å². The Morgan fingerprint density at radius 1 is 0.571 bits per heavy atom. The van der Waals surface area contributed by atoms with Gasteiger partial charge in [-0.15, -0.1) is 0 Å². The Morgan fingerprint density at radius 2 is 1.17 bits per heavy atom. The fourth-order valence-electron chi connectivity index (χ4n) is 3.94. The topological polar surface area (TPSA) is 51.6 Å². The van der Waals surface area contributed by atoms with E-state index in [1.807, 2.05) is 97.2 Å². The van der Waals surface area contributed by atoms with Gasteiger partial charge in [-0.3, -0.25) is 0 Å². The molecule has 6 rings (SSSR count). The van der Waals surface area contributed by atoms with Crippen LogP contribution in [0.1, 0.15) is 0 Å². The molecular weight excluding hydrogens is 452 g/mol. The van der Waals surface area contributed by atoms with E-state index in [0.717, 1.165) is 38.7 Å². The lowest BCUT2D eigenvalue weighted by Gasteiger charge is -2.10. The third-order valence-corrected chi connectivity index (χ3v) is 5.86. The first kappa shape index (κ1) is 21.0. The number of benzene rings is 3. The van der Waals surface area contributed by atoms with Gasteiger partial charge in [0, 0.05) is 38.9 Å². The van der Waals surface area contributed by atoms with Gasteiger partial charge in [-0.25, -0.2) is 19.9 Å². The lowest BCUT2D eigenvalue weighted by Crippen LogP contribution is -2.00. The van der Waals surface area contributed by atoms with Crippen molar-refractivity contribution in [3.8, 4) is 45.3 Å². The summed E-state index contributed by atoms with van der Waals surface area (Å²) in [5, 5.41) is 1.58. The highest BCUT2D eigenvalue weighted by Crippen LogP contribution is 2.31. The molecule has 5 heteroatoms. The van der Waals surface area contributed by atoms with Crippen LogP contribution >= 0.6 is 11.6 Å². The second kappa shape index (κ2) is 8.98. The maximum Gasteiger partial charge on any atom is 0.164 e. The van der Waals surface area contributed by atoms with Gasteiger partial charge >= 0.3 is 0 Å². The standard InChI is InChI=1S/C30H17ClN4/c31-26-17-23(25-15-22-13-7-8-14-27(22)32-19-25)16-24(18-26)30-34-28(20-9-3-1-4-10-20)33-29(35-30)21-11-5-2-6-12-21/h1-7,9-13,15-19H. The summed E-state index contributed by atoms with van der Waals surface area (Å²) in [5.74, 6) is 1.77. The molecule has 164 valence electrons. The molecule has 4 aromatic carbocycles. The van der Waals surface area contributed by atoms with Crippen molar-refractivity contribution in [3.63, 3.8) is 0 Å². The summed E-state index contributed by atoms with van der Waals surface area (Å²) in [4.78, 5) is 18.9. The Morgan fingerprint density at radius 3 is 1.83 bits per heavy atom. The van der Waals surface area contributed by atoms with Gasteiger partial charge in [0.15, 0.2) is 17.5 Å². The summed E-state index contributed by atoms with van der Waals surface area (Å²) in [7, 11) is 0. The number of hydrogen-bond donors (Lipinski definition) is 0. The Hall–Kier alpha value is -4.59. The molecule has 0 amide bonds. The maximum atomic E-state index is 6.58. The van der Waals surface area contributed by atoms with E-state index >= 15 is 0 Å². The van der Waals surface area contributed by atoms with E-state index in [1.165, 1.54) is 0 Å². The van der Waals surface area contributed by atoms with Crippen LogP contribution < -0.4 is 0 Å². The van der Waals surface area contributed by atoms with Crippen molar-refractivity contribution >= 4 is 22.5 Å². The van der Waals surface area contributed by atoms with Gasteiger partial charge in [0.1, 0.15) is 5.52 Å². The molecule has 0 fully saturated rings. The van der Waals surface area contributed by atoms with E-state index in [9.17, 15) is 0 Å². The molecule has 2 aromatic heterocycles. The third kappa shape index (κ3) is 4.33. The molecule has 2 heterocycles. The summed E-state index contributed by atoms with van der Waals surface area (Å²) in [6.45, 7) is 0.